The first kappa shape index (κ1) is 24.9. The molecule has 0 atom stereocenters. The lowest BCUT2D eigenvalue weighted by atomic mass is 10.2. The summed E-state index contributed by atoms with van der Waals surface area (Å²) in [6, 6.07) is 20.3. The molecule has 1 amide bonds. The van der Waals surface area contributed by atoms with Gasteiger partial charge in [-0.15, -0.1) is 0 Å². The number of nitrogens with zero attached hydrogens (tertiary/aromatic N) is 1. The van der Waals surface area contributed by atoms with Crippen molar-refractivity contribution < 1.29 is 27.5 Å². The van der Waals surface area contributed by atoms with Gasteiger partial charge in [-0.3, -0.25) is 4.79 Å². The number of hydrogen-bond acceptors (Lipinski definition) is 6. The van der Waals surface area contributed by atoms with E-state index >= 15 is 0 Å². The minimum Gasteiger partial charge on any atom is -0.495 e. The summed E-state index contributed by atoms with van der Waals surface area (Å²) in [5.74, 6) is -1.25. The monoisotopic (exact) mass is 482 g/mol. The van der Waals surface area contributed by atoms with E-state index in [1.54, 1.807) is 12.1 Å². The molecule has 178 valence electrons. The molecule has 0 unspecified atom stereocenters. The van der Waals surface area contributed by atoms with E-state index in [0.29, 0.717) is 5.69 Å². The number of benzene rings is 3. The number of esters is 1. The van der Waals surface area contributed by atoms with Crippen LogP contribution in [-0.2, 0) is 26.1 Å². The van der Waals surface area contributed by atoms with Crippen molar-refractivity contribution in [1.82, 2.24) is 4.31 Å². The zero-order chi connectivity index (χ0) is 24.7. The largest absolute Gasteiger partial charge is 0.495 e. The smallest absolute Gasteiger partial charge is 0.338 e. The van der Waals surface area contributed by atoms with Gasteiger partial charge in [0.05, 0.1) is 12.7 Å². The molecule has 0 aliphatic heterocycles. The number of rotatable bonds is 9. The lowest BCUT2D eigenvalue weighted by Crippen LogP contribution is -2.27. The van der Waals surface area contributed by atoms with Crippen LogP contribution in [0.25, 0.3) is 0 Å². The van der Waals surface area contributed by atoms with Gasteiger partial charge in [-0.2, -0.15) is 4.31 Å². The first-order valence-corrected chi connectivity index (χ1v) is 11.9. The molecule has 0 saturated carbocycles. The predicted molar refractivity (Wildman–Crippen MR) is 128 cm³/mol. The molecule has 0 aliphatic rings. The molecule has 0 spiro atoms. The normalized spacial score (nSPS) is 11.2. The number of hydrogen-bond donors (Lipinski definition) is 1. The third kappa shape index (κ3) is 6.00. The maximum Gasteiger partial charge on any atom is 0.338 e. The van der Waals surface area contributed by atoms with Crippen LogP contribution in [0.3, 0.4) is 0 Å². The number of carbonyl (C=O) groups excluding carboxylic acids is 2. The number of methoxy groups -OCH3 is 1. The van der Waals surface area contributed by atoms with Crippen LogP contribution in [0.15, 0.2) is 77.7 Å². The number of anilines is 1. The van der Waals surface area contributed by atoms with E-state index in [1.807, 2.05) is 49.4 Å². The summed E-state index contributed by atoms with van der Waals surface area (Å²) in [4.78, 5) is 24.6. The van der Waals surface area contributed by atoms with Crippen LogP contribution in [0.5, 0.6) is 5.75 Å². The van der Waals surface area contributed by atoms with Gasteiger partial charge in [0.25, 0.3) is 5.91 Å². The minimum atomic E-state index is -3.99. The topological polar surface area (TPSA) is 102 Å². The highest BCUT2D eigenvalue weighted by Gasteiger charge is 2.27. The van der Waals surface area contributed by atoms with Gasteiger partial charge in [0, 0.05) is 19.3 Å². The number of ether oxygens (including phenoxy) is 2. The van der Waals surface area contributed by atoms with Gasteiger partial charge in [0.2, 0.25) is 10.0 Å². The molecule has 0 fully saturated rings. The second kappa shape index (κ2) is 11.0. The number of amides is 1. The fourth-order valence-corrected chi connectivity index (χ4v) is 4.55. The van der Waals surface area contributed by atoms with Crippen molar-refractivity contribution in [2.45, 2.75) is 18.4 Å². The quantitative estimate of drug-likeness (QED) is 0.468. The van der Waals surface area contributed by atoms with Crippen LogP contribution < -0.4 is 10.1 Å². The van der Waals surface area contributed by atoms with Gasteiger partial charge in [-0.1, -0.05) is 48.5 Å². The summed E-state index contributed by atoms with van der Waals surface area (Å²) in [6.07, 6.45) is 0. The second-order valence-corrected chi connectivity index (χ2v) is 9.56. The maximum atomic E-state index is 13.2. The van der Waals surface area contributed by atoms with Crippen molar-refractivity contribution in [3.63, 3.8) is 0 Å². The Morgan fingerprint density at radius 1 is 0.971 bits per heavy atom. The Kier molecular flexibility index (Phi) is 8.04. The van der Waals surface area contributed by atoms with Crippen molar-refractivity contribution in [2.24, 2.45) is 0 Å². The Labute approximate surface area is 199 Å². The molecule has 3 aromatic rings. The van der Waals surface area contributed by atoms with E-state index < -0.39 is 28.5 Å². The molecular weight excluding hydrogens is 456 g/mol. The number of carbonyl (C=O) groups is 2. The fraction of sp³-hybridized carbons (Fsp3) is 0.200. The third-order valence-electron chi connectivity index (χ3n) is 5.09. The van der Waals surface area contributed by atoms with E-state index in [4.69, 9.17) is 9.47 Å². The van der Waals surface area contributed by atoms with Gasteiger partial charge in [0.1, 0.15) is 10.6 Å². The molecular formula is C25H26N2O6S. The zero-order valence-electron chi connectivity index (χ0n) is 19.1. The molecule has 3 aromatic carbocycles. The highest BCUT2D eigenvalue weighted by molar-refractivity contribution is 7.89. The molecule has 34 heavy (non-hydrogen) atoms. The van der Waals surface area contributed by atoms with Crippen molar-refractivity contribution in [1.29, 1.82) is 0 Å². The van der Waals surface area contributed by atoms with Crippen molar-refractivity contribution in [3.05, 3.63) is 89.5 Å². The average molecular weight is 483 g/mol. The molecule has 0 bridgehead atoms. The van der Waals surface area contributed by atoms with Crippen LogP contribution in [0.1, 0.15) is 21.5 Å². The molecule has 1 N–H and O–H groups in total. The molecule has 0 heterocycles. The van der Waals surface area contributed by atoms with Crippen molar-refractivity contribution in [2.75, 3.05) is 26.1 Å². The molecule has 0 saturated heterocycles. The highest BCUT2D eigenvalue weighted by atomic mass is 32.2. The van der Waals surface area contributed by atoms with Gasteiger partial charge in [0.15, 0.2) is 6.61 Å². The summed E-state index contributed by atoms with van der Waals surface area (Å²) in [5, 5.41) is 2.67. The predicted octanol–water partition coefficient (Wildman–Crippen LogP) is 3.62. The van der Waals surface area contributed by atoms with E-state index in [-0.39, 0.29) is 22.8 Å². The standard InChI is InChI=1S/C25H26N2O6S/c1-18-9-7-8-12-21(18)26-24(28)17-33-25(29)20-13-14-22(32-3)23(15-20)34(30,31)27(2)16-19-10-5-4-6-11-19/h4-15H,16-17H2,1-3H3,(H,26,28). The number of nitrogens with one attached hydrogen (secondary N) is 1. The Balaban J connectivity index is 1.74. The van der Waals surface area contributed by atoms with E-state index in [9.17, 15) is 18.0 Å². The van der Waals surface area contributed by atoms with E-state index in [1.165, 1.54) is 36.7 Å². The van der Waals surface area contributed by atoms with E-state index in [0.717, 1.165) is 11.1 Å². The molecule has 0 radical (unpaired) electrons. The Morgan fingerprint density at radius 2 is 1.65 bits per heavy atom. The van der Waals surface area contributed by atoms with Crippen LogP contribution >= 0.6 is 0 Å². The maximum absolute atomic E-state index is 13.2. The number of sulfonamides is 1. The first-order valence-electron chi connectivity index (χ1n) is 10.4. The van der Waals surface area contributed by atoms with Gasteiger partial charge >= 0.3 is 5.97 Å². The van der Waals surface area contributed by atoms with Crippen molar-refractivity contribution >= 4 is 27.6 Å². The number of aryl methyl sites for hydroxylation is 1. The second-order valence-electron chi connectivity index (χ2n) is 7.55. The fourth-order valence-electron chi connectivity index (χ4n) is 3.21. The highest BCUT2D eigenvalue weighted by Crippen LogP contribution is 2.28. The molecule has 8 nitrogen and oxygen atoms in total. The van der Waals surface area contributed by atoms with Crippen LogP contribution in [0, 0.1) is 6.92 Å². The zero-order valence-corrected chi connectivity index (χ0v) is 20.0. The third-order valence-corrected chi connectivity index (χ3v) is 6.91. The van der Waals surface area contributed by atoms with Gasteiger partial charge in [-0.25, -0.2) is 13.2 Å². The lowest BCUT2D eigenvalue weighted by Gasteiger charge is -2.19. The summed E-state index contributed by atoms with van der Waals surface area (Å²) < 4.78 is 37.9. The molecule has 0 aromatic heterocycles. The summed E-state index contributed by atoms with van der Waals surface area (Å²) >= 11 is 0. The number of para-hydroxylation sites is 1. The van der Waals surface area contributed by atoms with Crippen LogP contribution in [0.4, 0.5) is 5.69 Å². The molecule has 3 rings (SSSR count). The van der Waals surface area contributed by atoms with Crippen molar-refractivity contribution in [3.8, 4) is 5.75 Å². The van der Waals surface area contributed by atoms with E-state index in [2.05, 4.69) is 5.32 Å². The lowest BCUT2D eigenvalue weighted by molar-refractivity contribution is -0.119. The Bertz CT molecular complexity index is 1280. The Morgan fingerprint density at radius 3 is 2.32 bits per heavy atom. The summed E-state index contributed by atoms with van der Waals surface area (Å²) in [7, 11) is -1.20. The van der Waals surface area contributed by atoms with Crippen LogP contribution in [-0.4, -0.2) is 45.4 Å². The summed E-state index contributed by atoms with van der Waals surface area (Å²) in [5.41, 5.74) is 2.27. The molecule has 9 heteroatoms. The first-order chi connectivity index (χ1) is 16.2. The molecule has 0 aliphatic carbocycles. The van der Waals surface area contributed by atoms with Crippen LogP contribution in [0.2, 0.25) is 0 Å². The average Bonchev–Trinajstić information content (AvgIpc) is 2.84. The SMILES string of the molecule is COc1ccc(C(=O)OCC(=O)Nc2ccccc2C)cc1S(=O)(=O)N(C)Cc1ccccc1. The Hall–Kier alpha value is -3.69. The van der Waals surface area contributed by atoms with Gasteiger partial charge in [-0.05, 0) is 42.3 Å². The van der Waals surface area contributed by atoms with Gasteiger partial charge < -0.3 is 14.8 Å². The minimum absolute atomic E-state index is 0.0174. The summed E-state index contributed by atoms with van der Waals surface area (Å²) in [6.45, 7) is 1.46.